The Bertz CT molecular complexity index is 1310. The number of pyridine rings is 1. The Balaban J connectivity index is 1.73. The van der Waals surface area contributed by atoms with E-state index >= 15 is 0 Å². The van der Waals surface area contributed by atoms with Gasteiger partial charge in [0.1, 0.15) is 18.6 Å². The summed E-state index contributed by atoms with van der Waals surface area (Å²) in [5, 5.41) is 2.58. The predicted octanol–water partition coefficient (Wildman–Crippen LogP) is 3.28. The van der Waals surface area contributed by atoms with Crippen LogP contribution in [-0.4, -0.2) is 74.0 Å². The monoisotopic (exact) mass is 614 g/mol. The lowest BCUT2D eigenvalue weighted by atomic mass is 9.91. The van der Waals surface area contributed by atoms with Crippen LogP contribution in [0.3, 0.4) is 0 Å². The molecule has 3 rings (SSSR count). The van der Waals surface area contributed by atoms with E-state index in [-0.39, 0.29) is 55.7 Å². The molecule has 0 spiro atoms. The minimum Gasteiger partial charge on any atom is -0.493 e. The van der Waals surface area contributed by atoms with Crippen molar-refractivity contribution >= 4 is 30.0 Å². The lowest BCUT2D eigenvalue weighted by Crippen LogP contribution is -2.44. The van der Waals surface area contributed by atoms with Crippen molar-refractivity contribution in [1.29, 1.82) is 0 Å². The Morgan fingerprint density at radius 2 is 1.82 bits per heavy atom. The van der Waals surface area contributed by atoms with Crippen LogP contribution in [0.15, 0.2) is 42.6 Å². The van der Waals surface area contributed by atoms with Gasteiger partial charge in [-0.25, -0.2) is 9.78 Å². The molecule has 44 heavy (non-hydrogen) atoms. The molecule has 1 N–H and O–H groups in total. The predicted molar refractivity (Wildman–Crippen MR) is 154 cm³/mol. The van der Waals surface area contributed by atoms with Gasteiger partial charge in [-0.3, -0.25) is 19.2 Å². The third kappa shape index (κ3) is 9.68. The molecule has 1 aliphatic rings. The van der Waals surface area contributed by atoms with E-state index in [1.807, 2.05) is 44.2 Å². The lowest BCUT2D eigenvalue weighted by Gasteiger charge is -2.30. The van der Waals surface area contributed by atoms with E-state index in [0.717, 1.165) is 5.56 Å². The summed E-state index contributed by atoms with van der Waals surface area (Å²) in [6, 6.07) is 10.5. The van der Waals surface area contributed by atoms with Crippen molar-refractivity contribution in [2.24, 2.45) is 17.8 Å². The number of esters is 3. The number of rotatable bonds is 11. The van der Waals surface area contributed by atoms with Crippen LogP contribution in [0.1, 0.15) is 50.2 Å². The molecule has 13 nitrogen and oxygen atoms in total. The molecular weight excluding hydrogens is 576 g/mol. The number of hydrogen-bond donors (Lipinski definition) is 1. The standard InChI is InChI=1S/C31H38N2O11/c1-18(2)17-41-31(38)44-27-23(39-5)11-13-32-25(27)28(35)33-16-19(3)29(36)43-26-20(4)42-24(34)12-14-40-30(37)22(26)15-21-9-7-6-8-10-21/h6-11,13,18-20,22,26H,12,14-17H2,1-5H3,(H,33,35)/t19?,20-,22+,26-/m0/s1. The zero-order valence-corrected chi connectivity index (χ0v) is 25.4. The molecular formula is C31H38N2O11. The number of methoxy groups -OCH3 is 1. The average Bonchev–Trinajstić information content (AvgIpc) is 3.04. The summed E-state index contributed by atoms with van der Waals surface area (Å²) >= 11 is 0. The normalized spacial score (nSPS) is 19.3. The van der Waals surface area contributed by atoms with Crippen LogP contribution in [0.2, 0.25) is 0 Å². The van der Waals surface area contributed by atoms with Crippen LogP contribution in [0.4, 0.5) is 4.79 Å². The molecule has 1 saturated heterocycles. The molecule has 1 fully saturated rings. The maximum atomic E-state index is 13.2. The van der Waals surface area contributed by atoms with E-state index < -0.39 is 54.0 Å². The highest BCUT2D eigenvalue weighted by molar-refractivity contribution is 5.96. The first-order valence-corrected chi connectivity index (χ1v) is 14.3. The van der Waals surface area contributed by atoms with Crippen molar-refractivity contribution in [2.75, 3.05) is 26.9 Å². The molecule has 13 heteroatoms. The van der Waals surface area contributed by atoms with Crippen molar-refractivity contribution in [2.45, 2.75) is 52.7 Å². The van der Waals surface area contributed by atoms with Gasteiger partial charge in [0.25, 0.3) is 5.91 Å². The smallest absolute Gasteiger partial charge is 0.493 e. The van der Waals surface area contributed by atoms with Gasteiger partial charge < -0.3 is 33.7 Å². The Kier molecular flexibility index (Phi) is 12.5. The molecule has 1 aliphatic heterocycles. The molecule has 1 aromatic carbocycles. The first kappa shape index (κ1) is 33.8. The molecule has 2 aromatic rings. The second kappa shape index (κ2) is 16.2. The van der Waals surface area contributed by atoms with E-state index in [4.69, 9.17) is 28.4 Å². The van der Waals surface area contributed by atoms with E-state index in [1.165, 1.54) is 26.3 Å². The Morgan fingerprint density at radius 3 is 2.50 bits per heavy atom. The molecule has 2 heterocycles. The van der Waals surface area contributed by atoms with Crippen molar-refractivity contribution in [1.82, 2.24) is 10.3 Å². The zero-order chi connectivity index (χ0) is 32.2. The summed E-state index contributed by atoms with van der Waals surface area (Å²) < 4.78 is 32.0. The molecule has 1 unspecified atom stereocenters. The van der Waals surface area contributed by atoms with Crippen LogP contribution in [0.5, 0.6) is 11.5 Å². The number of hydrogen-bond acceptors (Lipinski definition) is 12. The molecule has 0 radical (unpaired) electrons. The average molecular weight is 615 g/mol. The topological polar surface area (TPSA) is 166 Å². The Hall–Kier alpha value is -4.68. The van der Waals surface area contributed by atoms with Gasteiger partial charge in [-0.2, -0.15) is 0 Å². The molecule has 238 valence electrons. The van der Waals surface area contributed by atoms with Crippen LogP contribution in [-0.2, 0) is 39.8 Å². The number of nitrogens with zero attached hydrogens (tertiary/aromatic N) is 1. The summed E-state index contributed by atoms with van der Waals surface area (Å²) in [5.41, 5.74) is 0.527. The largest absolute Gasteiger partial charge is 0.514 e. The summed E-state index contributed by atoms with van der Waals surface area (Å²) in [4.78, 5) is 67.8. The number of amides is 1. The van der Waals surface area contributed by atoms with Gasteiger partial charge in [0.15, 0.2) is 17.5 Å². The maximum absolute atomic E-state index is 13.2. The van der Waals surface area contributed by atoms with E-state index in [2.05, 4.69) is 10.3 Å². The van der Waals surface area contributed by atoms with E-state index in [9.17, 15) is 24.0 Å². The third-order valence-corrected chi connectivity index (χ3v) is 6.57. The van der Waals surface area contributed by atoms with E-state index in [1.54, 1.807) is 6.92 Å². The van der Waals surface area contributed by atoms with Gasteiger partial charge in [-0.15, -0.1) is 0 Å². The maximum Gasteiger partial charge on any atom is 0.514 e. The number of ether oxygens (including phenoxy) is 6. The van der Waals surface area contributed by atoms with Crippen LogP contribution in [0.25, 0.3) is 0 Å². The number of carbonyl (C=O) groups excluding carboxylic acids is 5. The molecule has 1 amide bonds. The first-order valence-electron chi connectivity index (χ1n) is 14.3. The van der Waals surface area contributed by atoms with Gasteiger partial charge in [0.2, 0.25) is 5.75 Å². The summed E-state index contributed by atoms with van der Waals surface area (Å²) in [6.07, 6.45) is -1.81. The van der Waals surface area contributed by atoms with Gasteiger partial charge in [-0.05, 0) is 24.8 Å². The number of nitrogens with one attached hydrogen (secondary N) is 1. The number of benzene rings is 1. The third-order valence-electron chi connectivity index (χ3n) is 6.57. The fourth-order valence-corrected chi connectivity index (χ4v) is 4.24. The van der Waals surface area contributed by atoms with Crippen molar-refractivity contribution < 1.29 is 52.4 Å². The van der Waals surface area contributed by atoms with Gasteiger partial charge in [0.05, 0.1) is 26.1 Å². The number of cyclic esters (lactones) is 2. The second-order valence-electron chi connectivity index (χ2n) is 10.7. The Morgan fingerprint density at radius 1 is 1.09 bits per heavy atom. The molecule has 0 saturated carbocycles. The highest BCUT2D eigenvalue weighted by Crippen LogP contribution is 2.30. The Labute approximate surface area is 255 Å². The quantitative estimate of drug-likeness (QED) is 0.290. The SMILES string of the molecule is COc1ccnc(C(=O)NCC(C)C(=O)O[C@H]2[C@H](C)OC(=O)CCOC(=O)[C@@H]2Cc2ccccc2)c1OC(=O)OCC(C)C. The molecule has 1 aromatic heterocycles. The fraction of sp³-hybridized carbons (Fsp3) is 0.484. The minimum atomic E-state index is -1.16. The first-order chi connectivity index (χ1) is 21.0. The number of carbonyl (C=O) groups is 5. The van der Waals surface area contributed by atoms with Crippen molar-refractivity contribution in [3.8, 4) is 11.5 Å². The minimum absolute atomic E-state index is 0.0588. The van der Waals surface area contributed by atoms with Gasteiger partial charge in [0, 0.05) is 18.8 Å². The second-order valence-corrected chi connectivity index (χ2v) is 10.7. The fourth-order valence-electron chi connectivity index (χ4n) is 4.24. The number of aromatic nitrogens is 1. The molecule has 0 aliphatic carbocycles. The van der Waals surface area contributed by atoms with Crippen molar-refractivity contribution in [3.63, 3.8) is 0 Å². The highest BCUT2D eigenvalue weighted by atomic mass is 16.7. The summed E-state index contributed by atoms with van der Waals surface area (Å²) in [6.45, 7) is 6.50. The summed E-state index contributed by atoms with van der Waals surface area (Å²) in [7, 11) is 1.33. The van der Waals surface area contributed by atoms with Crippen LogP contribution in [0, 0.1) is 17.8 Å². The highest BCUT2D eigenvalue weighted by Gasteiger charge is 2.40. The zero-order valence-electron chi connectivity index (χ0n) is 25.4. The van der Waals surface area contributed by atoms with Gasteiger partial charge >= 0.3 is 24.1 Å². The summed E-state index contributed by atoms with van der Waals surface area (Å²) in [5.74, 6) is -4.72. The molecule has 4 atom stereocenters. The van der Waals surface area contributed by atoms with Crippen LogP contribution >= 0.6 is 0 Å². The van der Waals surface area contributed by atoms with E-state index in [0.29, 0.717) is 0 Å². The lowest BCUT2D eigenvalue weighted by molar-refractivity contribution is -0.176. The van der Waals surface area contributed by atoms with Crippen LogP contribution < -0.4 is 14.8 Å². The molecule has 0 bridgehead atoms. The van der Waals surface area contributed by atoms with Crippen molar-refractivity contribution in [3.05, 3.63) is 53.9 Å². The van der Waals surface area contributed by atoms with Gasteiger partial charge in [-0.1, -0.05) is 51.1 Å².